The van der Waals surface area contributed by atoms with Gasteiger partial charge in [-0.1, -0.05) is 19.8 Å². The first-order chi connectivity index (χ1) is 15.4. The molecule has 1 unspecified atom stereocenters. The minimum Gasteiger partial charge on any atom is -0.466 e. The van der Waals surface area contributed by atoms with Gasteiger partial charge >= 0.3 is 5.97 Å². The van der Waals surface area contributed by atoms with E-state index < -0.39 is 29.7 Å². The van der Waals surface area contributed by atoms with E-state index in [9.17, 15) is 24.0 Å². The molecule has 3 rings (SSSR count). The minimum atomic E-state index is -0.967. The number of carbonyl (C=O) groups is 5. The molecule has 0 aromatic heterocycles. The predicted molar refractivity (Wildman–Crippen MR) is 116 cm³/mol. The molecule has 0 bridgehead atoms. The fourth-order valence-corrected chi connectivity index (χ4v) is 3.79. The summed E-state index contributed by atoms with van der Waals surface area (Å²) in [5.41, 5.74) is 1.21. The Labute approximate surface area is 186 Å². The number of carbonyl (C=O) groups excluding carboxylic acids is 5. The first-order valence-corrected chi connectivity index (χ1v) is 11.2. The third kappa shape index (κ3) is 5.52. The lowest BCUT2D eigenvalue weighted by atomic mass is 10.0. The molecule has 0 saturated carbocycles. The summed E-state index contributed by atoms with van der Waals surface area (Å²) < 4.78 is 5.12. The average Bonchev–Trinajstić information content (AvgIpc) is 3.01. The van der Waals surface area contributed by atoms with Gasteiger partial charge in [0.25, 0.3) is 11.8 Å². The summed E-state index contributed by atoms with van der Waals surface area (Å²) in [5, 5.41) is 5.41. The molecule has 172 valence electrons. The fraction of sp³-hybridized carbons (Fsp3) is 0.522. The van der Waals surface area contributed by atoms with Gasteiger partial charge in [0.15, 0.2) is 0 Å². The summed E-state index contributed by atoms with van der Waals surface area (Å²) in [7, 11) is 0. The predicted octanol–water partition coefficient (Wildman–Crippen LogP) is 2.40. The maximum atomic E-state index is 12.8. The van der Waals surface area contributed by atoms with Gasteiger partial charge in [-0.25, -0.2) is 0 Å². The molecule has 2 aliphatic heterocycles. The van der Waals surface area contributed by atoms with E-state index in [2.05, 4.69) is 10.6 Å². The zero-order valence-corrected chi connectivity index (χ0v) is 18.3. The summed E-state index contributed by atoms with van der Waals surface area (Å²) in [6.07, 6.45) is 4.98. The van der Waals surface area contributed by atoms with Crippen LogP contribution in [0.1, 0.15) is 79.0 Å². The fourth-order valence-electron chi connectivity index (χ4n) is 3.79. The molecule has 0 radical (unpaired) electrons. The molecule has 4 amide bonds. The van der Waals surface area contributed by atoms with Crippen LogP contribution in [0.2, 0.25) is 0 Å². The number of hydrogen-bond donors (Lipinski definition) is 2. The highest BCUT2D eigenvalue weighted by Gasteiger charge is 2.44. The Hall–Kier alpha value is -3.23. The SMILES string of the molecule is CCCCOC(=O)CCCCCNc1ccc2c(c1)C(=O)N(C1CCC(=O)NC1=O)C2=O. The number of rotatable bonds is 11. The van der Waals surface area contributed by atoms with E-state index >= 15 is 0 Å². The van der Waals surface area contributed by atoms with Crippen molar-refractivity contribution in [1.82, 2.24) is 10.2 Å². The van der Waals surface area contributed by atoms with Crippen molar-refractivity contribution in [1.29, 1.82) is 0 Å². The molecule has 1 atom stereocenters. The first-order valence-electron chi connectivity index (χ1n) is 11.2. The monoisotopic (exact) mass is 443 g/mol. The van der Waals surface area contributed by atoms with Gasteiger partial charge in [0.05, 0.1) is 17.7 Å². The Morgan fingerprint density at radius 2 is 1.88 bits per heavy atom. The normalized spacial score (nSPS) is 17.9. The lowest BCUT2D eigenvalue weighted by Gasteiger charge is -2.27. The molecule has 2 N–H and O–H groups in total. The number of unbranched alkanes of at least 4 members (excludes halogenated alkanes) is 3. The second-order valence-electron chi connectivity index (χ2n) is 8.02. The van der Waals surface area contributed by atoms with Crippen LogP contribution in [-0.2, 0) is 19.1 Å². The van der Waals surface area contributed by atoms with Gasteiger partial charge in [-0.05, 0) is 43.9 Å². The molecular weight excluding hydrogens is 414 g/mol. The van der Waals surface area contributed by atoms with E-state index in [-0.39, 0.29) is 29.9 Å². The van der Waals surface area contributed by atoms with Crippen molar-refractivity contribution in [3.8, 4) is 0 Å². The highest BCUT2D eigenvalue weighted by molar-refractivity contribution is 6.23. The van der Waals surface area contributed by atoms with Crippen molar-refractivity contribution < 1.29 is 28.7 Å². The number of nitrogens with one attached hydrogen (secondary N) is 2. The molecule has 0 spiro atoms. The van der Waals surface area contributed by atoms with Gasteiger partial charge < -0.3 is 10.1 Å². The summed E-state index contributed by atoms with van der Waals surface area (Å²) in [5.74, 6) is -2.22. The van der Waals surface area contributed by atoms with E-state index in [1.165, 1.54) is 0 Å². The molecule has 0 aliphatic carbocycles. The van der Waals surface area contributed by atoms with Crippen LogP contribution in [0.4, 0.5) is 5.69 Å². The molecule has 1 aromatic rings. The van der Waals surface area contributed by atoms with Gasteiger partial charge in [-0.15, -0.1) is 0 Å². The molecule has 1 fully saturated rings. The van der Waals surface area contributed by atoms with Crippen LogP contribution in [0.5, 0.6) is 0 Å². The number of esters is 1. The maximum Gasteiger partial charge on any atom is 0.305 e. The number of ether oxygens (including phenoxy) is 1. The average molecular weight is 444 g/mol. The van der Waals surface area contributed by atoms with Gasteiger partial charge in [-0.2, -0.15) is 0 Å². The Bertz CT molecular complexity index is 913. The van der Waals surface area contributed by atoms with Crippen molar-refractivity contribution in [3.63, 3.8) is 0 Å². The van der Waals surface area contributed by atoms with E-state index in [0.717, 1.165) is 37.0 Å². The molecule has 2 aliphatic rings. The van der Waals surface area contributed by atoms with Crippen molar-refractivity contribution in [2.24, 2.45) is 0 Å². The zero-order valence-electron chi connectivity index (χ0n) is 18.3. The van der Waals surface area contributed by atoms with Gasteiger partial charge in [0, 0.05) is 25.1 Å². The largest absolute Gasteiger partial charge is 0.466 e. The van der Waals surface area contributed by atoms with Crippen molar-refractivity contribution in [2.45, 2.75) is 64.3 Å². The minimum absolute atomic E-state index is 0.0904. The summed E-state index contributed by atoms with van der Waals surface area (Å²) in [6, 6.07) is 3.95. The van der Waals surface area contributed by atoms with Crippen LogP contribution in [0.3, 0.4) is 0 Å². The second kappa shape index (κ2) is 10.9. The van der Waals surface area contributed by atoms with Gasteiger partial charge in [0.1, 0.15) is 6.04 Å². The molecule has 9 heteroatoms. The molecule has 2 heterocycles. The van der Waals surface area contributed by atoms with Gasteiger partial charge in [-0.3, -0.25) is 34.2 Å². The van der Waals surface area contributed by atoms with Crippen LogP contribution in [0.15, 0.2) is 18.2 Å². The lowest BCUT2D eigenvalue weighted by Crippen LogP contribution is -2.54. The summed E-state index contributed by atoms with van der Waals surface area (Å²) in [6.45, 7) is 3.18. The molecule has 9 nitrogen and oxygen atoms in total. The smallest absolute Gasteiger partial charge is 0.305 e. The molecule has 1 saturated heterocycles. The number of piperidine rings is 1. The molecule has 1 aromatic carbocycles. The van der Waals surface area contributed by atoms with E-state index in [4.69, 9.17) is 4.74 Å². The number of amides is 4. The first kappa shape index (κ1) is 23.4. The number of anilines is 1. The van der Waals surface area contributed by atoms with Gasteiger partial charge in [0.2, 0.25) is 11.8 Å². The standard InChI is InChI=1S/C23H29N3O6/c1-2-3-13-32-20(28)7-5-4-6-12-24-15-8-9-16-17(14-15)23(31)26(22(16)30)18-10-11-19(27)25-21(18)29/h8-9,14,18,24H,2-7,10-13H2,1H3,(H,25,27,29). The highest BCUT2D eigenvalue weighted by Crippen LogP contribution is 2.29. The van der Waals surface area contributed by atoms with Crippen LogP contribution in [-0.4, -0.2) is 53.7 Å². The lowest BCUT2D eigenvalue weighted by molar-refractivity contribution is -0.144. The number of benzene rings is 1. The van der Waals surface area contributed by atoms with Crippen molar-refractivity contribution >= 4 is 35.3 Å². The molecule has 32 heavy (non-hydrogen) atoms. The highest BCUT2D eigenvalue weighted by atomic mass is 16.5. The molecular formula is C23H29N3O6. The van der Waals surface area contributed by atoms with E-state index in [0.29, 0.717) is 25.3 Å². The topological polar surface area (TPSA) is 122 Å². The Kier molecular flexibility index (Phi) is 7.97. The second-order valence-corrected chi connectivity index (χ2v) is 8.02. The number of fused-ring (bicyclic) bond motifs is 1. The maximum absolute atomic E-state index is 12.8. The zero-order chi connectivity index (χ0) is 23.1. The number of hydrogen-bond acceptors (Lipinski definition) is 7. The third-order valence-corrected chi connectivity index (χ3v) is 5.59. The van der Waals surface area contributed by atoms with Crippen LogP contribution >= 0.6 is 0 Å². The van der Waals surface area contributed by atoms with Crippen LogP contribution in [0, 0.1) is 0 Å². The van der Waals surface area contributed by atoms with E-state index in [1.54, 1.807) is 18.2 Å². The number of imide groups is 2. The van der Waals surface area contributed by atoms with Crippen molar-refractivity contribution in [2.75, 3.05) is 18.5 Å². The van der Waals surface area contributed by atoms with Crippen molar-refractivity contribution in [3.05, 3.63) is 29.3 Å². The Morgan fingerprint density at radius 3 is 2.62 bits per heavy atom. The Morgan fingerprint density at radius 1 is 1.09 bits per heavy atom. The van der Waals surface area contributed by atoms with Crippen LogP contribution in [0.25, 0.3) is 0 Å². The van der Waals surface area contributed by atoms with Crippen LogP contribution < -0.4 is 10.6 Å². The number of nitrogens with zero attached hydrogens (tertiary/aromatic N) is 1. The quantitative estimate of drug-likeness (QED) is 0.306. The Balaban J connectivity index is 1.47. The third-order valence-electron chi connectivity index (χ3n) is 5.59. The summed E-state index contributed by atoms with van der Waals surface area (Å²) in [4.78, 5) is 61.5. The van der Waals surface area contributed by atoms with E-state index in [1.807, 2.05) is 6.92 Å². The summed E-state index contributed by atoms with van der Waals surface area (Å²) >= 11 is 0.